The lowest BCUT2D eigenvalue weighted by Crippen LogP contribution is -2.20. The summed E-state index contributed by atoms with van der Waals surface area (Å²) in [5, 5.41) is 0. The average molecular weight is 155 g/mol. The molecule has 0 spiro atoms. The summed E-state index contributed by atoms with van der Waals surface area (Å²) < 4.78 is 0. The summed E-state index contributed by atoms with van der Waals surface area (Å²) in [6.45, 7) is 8.50. The minimum absolute atomic E-state index is 0.144. The van der Waals surface area contributed by atoms with E-state index in [-0.39, 0.29) is 5.92 Å². The Balaban J connectivity index is 4.03. The molecule has 0 saturated heterocycles. The highest BCUT2D eigenvalue weighted by molar-refractivity contribution is 5.55. The summed E-state index contributed by atoms with van der Waals surface area (Å²) in [5.74, 6) is 1.12. The lowest BCUT2D eigenvalue weighted by Gasteiger charge is -2.21. The van der Waals surface area contributed by atoms with Crippen molar-refractivity contribution in [3.63, 3.8) is 0 Å². The van der Waals surface area contributed by atoms with E-state index in [4.69, 9.17) is 0 Å². The third-order valence-electron chi connectivity index (χ3n) is 2.65. The fourth-order valence-corrected chi connectivity index (χ4v) is 1.30. The molecular formula is C10H19O. The van der Waals surface area contributed by atoms with Crippen LogP contribution in [-0.2, 0) is 4.79 Å². The van der Waals surface area contributed by atoms with Gasteiger partial charge in [0.25, 0.3) is 0 Å². The van der Waals surface area contributed by atoms with Crippen molar-refractivity contribution >= 4 is 6.29 Å². The van der Waals surface area contributed by atoms with Gasteiger partial charge < -0.3 is 0 Å². The van der Waals surface area contributed by atoms with E-state index in [0.717, 1.165) is 12.8 Å². The van der Waals surface area contributed by atoms with Crippen LogP contribution in [0.2, 0.25) is 0 Å². The molecule has 0 rings (SSSR count). The molecule has 0 N–H and O–H groups in total. The fourth-order valence-electron chi connectivity index (χ4n) is 1.30. The SMILES string of the molecule is CCC(C)C([C]=O)C(C)CC. The van der Waals surface area contributed by atoms with Gasteiger partial charge in [-0.2, -0.15) is 0 Å². The molecule has 0 saturated carbocycles. The quantitative estimate of drug-likeness (QED) is 0.596. The zero-order valence-corrected chi connectivity index (χ0v) is 8.05. The maximum absolute atomic E-state index is 10.6. The minimum atomic E-state index is 0.144. The van der Waals surface area contributed by atoms with E-state index in [1.165, 1.54) is 0 Å². The molecule has 0 aliphatic rings. The van der Waals surface area contributed by atoms with Gasteiger partial charge in [-0.25, -0.2) is 0 Å². The predicted molar refractivity (Wildman–Crippen MR) is 48.1 cm³/mol. The normalized spacial score (nSPS) is 18.9. The van der Waals surface area contributed by atoms with Crippen LogP contribution < -0.4 is 0 Å². The molecule has 2 unspecified atom stereocenters. The molecule has 0 aliphatic heterocycles. The smallest absolute Gasteiger partial charge is 0.202 e. The van der Waals surface area contributed by atoms with E-state index in [0.29, 0.717) is 11.8 Å². The summed E-state index contributed by atoms with van der Waals surface area (Å²) in [4.78, 5) is 10.6. The van der Waals surface area contributed by atoms with Gasteiger partial charge in [-0.15, -0.1) is 0 Å². The number of carbonyl (C=O) groups excluding carboxylic acids is 1. The Morgan fingerprint density at radius 2 is 1.45 bits per heavy atom. The maximum Gasteiger partial charge on any atom is 0.202 e. The Labute approximate surface area is 70.2 Å². The Morgan fingerprint density at radius 3 is 1.64 bits per heavy atom. The summed E-state index contributed by atoms with van der Waals surface area (Å²) >= 11 is 0. The monoisotopic (exact) mass is 155 g/mol. The van der Waals surface area contributed by atoms with Crippen molar-refractivity contribution in [2.45, 2.75) is 40.5 Å². The van der Waals surface area contributed by atoms with Crippen molar-refractivity contribution in [3.05, 3.63) is 0 Å². The van der Waals surface area contributed by atoms with Gasteiger partial charge in [0.2, 0.25) is 6.29 Å². The molecule has 0 aromatic rings. The molecule has 2 atom stereocenters. The third kappa shape index (κ3) is 3.04. The van der Waals surface area contributed by atoms with Gasteiger partial charge in [0.05, 0.1) is 0 Å². The van der Waals surface area contributed by atoms with Crippen LogP contribution in [0.4, 0.5) is 0 Å². The van der Waals surface area contributed by atoms with Crippen molar-refractivity contribution in [3.8, 4) is 0 Å². The maximum atomic E-state index is 10.6. The van der Waals surface area contributed by atoms with Crippen LogP contribution in [0.3, 0.4) is 0 Å². The summed E-state index contributed by atoms with van der Waals surface area (Å²) in [6, 6.07) is 0. The number of hydrogen-bond donors (Lipinski definition) is 0. The number of rotatable bonds is 5. The van der Waals surface area contributed by atoms with Crippen molar-refractivity contribution in [2.24, 2.45) is 17.8 Å². The van der Waals surface area contributed by atoms with Gasteiger partial charge in [-0.1, -0.05) is 40.5 Å². The van der Waals surface area contributed by atoms with Crippen LogP contribution in [0.5, 0.6) is 0 Å². The van der Waals surface area contributed by atoms with E-state index < -0.39 is 0 Å². The Morgan fingerprint density at radius 1 is 1.09 bits per heavy atom. The van der Waals surface area contributed by atoms with E-state index in [9.17, 15) is 4.79 Å². The fraction of sp³-hybridized carbons (Fsp3) is 0.900. The summed E-state index contributed by atoms with van der Waals surface area (Å²) in [5.41, 5.74) is 0. The first-order chi connectivity index (χ1) is 5.17. The third-order valence-corrected chi connectivity index (χ3v) is 2.65. The second-order valence-corrected chi connectivity index (χ2v) is 3.41. The predicted octanol–water partition coefficient (Wildman–Crippen LogP) is 2.80. The molecule has 0 aromatic carbocycles. The van der Waals surface area contributed by atoms with Gasteiger partial charge in [0, 0.05) is 5.92 Å². The lowest BCUT2D eigenvalue weighted by atomic mass is 9.82. The lowest BCUT2D eigenvalue weighted by molar-refractivity contribution is 0.310. The largest absolute Gasteiger partial charge is 0.291 e. The molecule has 1 heteroatoms. The Kier molecular flexibility index (Phi) is 5.18. The molecule has 1 radical (unpaired) electrons. The highest BCUT2D eigenvalue weighted by Gasteiger charge is 2.21. The van der Waals surface area contributed by atoms with Crippen molar-refractivity contribution in [2.75, 3.05) is 0 Å². The molecule has 0 heterocycles. The van der Waals surface area contributed by atoms with Crippen molar-refractivity contribution in [1.29, 1.82) is 0 Å². The number of hydrogen-bond acceptors (Lipinski definition) is 1. The Bertz CT molecular complexity index is 99.4. The second kappa shape index (κ2) is 5.34. The molecule has 0 aliphatic carbocycles. The molecule has 1 nitrogen and oxygen atoms in total. The molecular weight excluding hydrogens is 136 g/mol. The van der Waals surface area contributed by atoms with E-state index in [2.05, 4.69) is 34.0 Å². The van der Waals surface area contributed by atoms with Crippen molar-refractivity contribution in [1.82, 2.24) is 0 Å². The highest BCUT2D eigenvalue weighted by atomic mass is 16.1. The first-order valence-electron chi connectivity index (χ1n) is 4.54. The highest BCUT2D eigenvalue weighted by Crippen LogP contribution is 2.23. The van der Waals surface area contributed by atoms with Gasteiger partial charge in [0.15, 0.2) is 0 Å². The van der Waals surface area contributed by atoms with Gasteiger partial charge in [0.1, 0.15) is 0 Å². The second-order valence-electron chi connectivity index (χ2n) is 3.41. The first-order valence-corrected chi connectivity index (χ1v) is 4.54. The van der Waals surface area contributed by atoms with Gasteiger partial charge in [-0.3, -0.25) is 4.79 Å². The average Bonchev–Trinajstić information content (AvgIpc) is 2.05. The van der Waals surface area contributed by atoms with Gasteiger partial charge in [-0.05, 0) is 11.8 Å². The van der Waals surface area contributed by atoms with E-state index in [1.54, 1.807) is 0 Å². The van der Waals surface area contributed by atoms with E-state index >= 15 is 0 Å². The molecule has 0 fully saturated rings. The van der Waals surface area contributed by atoms with Crippen molar-refractivity contribution < 1.29 is 4.79 Å². The zero-order chi connectivity index (χ0) is 8.85. The molecule has 0 bridgehead atoms. The van der Waals surface area contributed by atoms with Gasteiger partial charge >= 0.3 is 0 Å². The zero-order valence-electron chi connectivity index (χ0n) is 8.05. The first kappa shape index (κ1) is 10.7. The van der Waals surface area contributed by atoms with Crippen LogP contribution in [0.1, 0.15) is 40.5 Å². The van der Waals surface area contributed by atoms with Crippen LogP contribution in [-0.4, -0.2) is 6.29 Å². The summed E-state index contributed by atoms with van der Waals surface area (Å²) in [7, 11) is 0. The Hall–Kier alpha value is -0.330. The van der Waals surface area contributed by atoms with Crippen LogP contribution in [0, 0.1) is 17.8 Å². The standard InChI is InChI=1S/C10H19O/c1-5-8(3)10(7-11)9(4)6-2/h8-10H,5-6H2,1-4H3. The minimum Gasteiger partial charge on any atom is -0.291 e. The van der Waals surface area contributed by atoms with Crippen LogP contribution in [0.15, 0.2) is 0 Å². The topological polar surface area (TPSA) is 17.1 Å². The molecule has 0 amide bonds. The van der Waals surface area contributed by atoms with Crippen LogP contribution in [0.25, 0.3) is 0 Å². The molecule has 11 heavy (non-hydrogen) atoms. The summed E-state index contributed by atoms with van der Waals surface area (Å²) in [6.07, 6.45) is 4.30. The molecule has 0 aromatic heterocycles. The van der Waals surface area contributed by atoms with E-state index in [1.807, 2.05) is 0 Å². The molecule has 65 valence electrons. The van der Waals surface area contributed by atoms with Crippen LogP contribution >= 0.6 is 0 Å².